The van der Waals surface area contributed by atoms with Crippen LogP contribution in [0.1, 0.15) is 56.4 Å². The summed E-state index contributed by atoms with van der Waals surface area (Å²) in [5, 5.41) is 4.01. The van der Waals surface area contributed by atoms with Crippen molar-refractivity contribution in [1.82, 2.24) is 15.2 Å². The van der Waals surface area contributed by atoms with Crippen molar-refractivity contribution >= 4 is 22.7 Å². The average Bonchev–Trinajstić information content (AvgIpc) is 3.29. The summed E-state index contributed by atoms with van der Waals surface area (Å²) in [4.78, 5) is 31.1. The maximum absolute atomic E-state index is 13.8. The fraction of sp³-hybridized carbons (Fsp3) is 0.484. The average molecular weight is 516 g/mol. The van der Waals surface area contributed by atoms with Crippen LogP contribution in [0.15, 0.2) is 48.7 Å². The fourth-order valence-electron chi connectivity index (χ4n) is 6.80. The molecule has 2 fully saturated rings. The Balaban J connectivity index is 1.20. The molecule has 2 amide bonds. The maximum Gasteiger partial charge on any atom is 0.245 e. The molecule has 0 spiro atoms. The third-order valence-corrected chi connectivity index (χ3v) is 8.74. The van der Waals surface area contributed by atoms with Crippen molar-refractivity contribution in [2.24, 2.45) is 11.8 Å². The number of hydrogen-bond acceptors (Lipinski definition) is 4. The number of ether oxygens (including phenoxy) is 2. The molecule has 7 heteroatoms. The van der Waals surface area contributed by atoms with E-state index in [2.05, 4.69) is 49.3 Å². The Morgan fingerprint density at radius 1 is 1.21 bits per heavy atom. The van der Waals surface area contributed by atoms with E-state index in [-0.39, 0.29) is 41.5 Å². The summed E-state index contributed by atoms with van der Waals surface area (Å²) in [7, 11) is 0. The summed E-state index contributed by atoms with van der Waals surface area (Å²) in [5.74, 6) is 1.14. The van der Waals surface area contributed by atoms with Gasteiger partial charge in [0.1, 0.15) is 17.4 Å². The van der Waals surface area contributed by atoms with Crippen molar-refractivity contribution in [1.29, 1.82) is 0 Å². The van der Waals surface area contributed by atoms with Crippen molar-refractivity contribution in [3.8, 4) is 5.75 Å². The Bertz CT molecular complexity index is 1380. The number of H-pyrrole nitrogens is 1. The lowest BCUT2D eigenvalue weighted by atomic mass is 9.70. The molecule has 3 aromatic rings. The first-order valence-corrected chi connectivity index (χ1v) is 13.8. The number of piperidine rings is 1. The topological polar surface area (TPSA) is 83.7 Å². The normalized spacial score (nSPS) is 26.5. The monoisotopic (exact) mass is 515 g/mol. The van der Waals surface area contributed by atoms with Gasteiger partial charge in [-0.3, -0.25) is 9.59 Å². The van der Waals surface area contributed by atoms with Crippen molar-refractivity contribution in [2.75, 3.05) is 13.1 Å². The molecule has 3 aliphatic rings. The number of aromatic nitrogens is 1. The molecule has 2 aromatic carbocycles. The molecular formula is C31H37N3O4. The molecule has 6 rings (SSSR count). The Morgan fingerprint density at radius 3 is 2.84 bits per heavy atom. The molecule has 2 N–H and O–H groups in total. The van der Waals surface area contributed by atoms with E-state index < -0.39 is 6.04 Å². The number of fused-ring (bicyclic) bond motifs is 5. The van der Waals surface area contributed by atoms with E-state index in [9.17, 15) is 9.59 Å². The number of rotatable bonds is 4. The third-order valence-electron chi connectivity index (χ3n) is 8.74. The summed E-state index contributed by atoms with van der Waals surface area (Å²) in [6.45, 7) is 9.12. The standard InChI is InChI=1S/C31H37N3O4/c1-18-9-10-23-28(13-18)38-31(3,4)24-14-21-17-34(12-11-27(21)37-29(23)24)30(36)26(33-19(2)35)15-20-16-32-25-8-6-5-7-22(20)25/h5-10,13,16,21,24,26-27,29,32H,11-12,14-15,17H2,1-4H3,(H,33,35)/t21-,24+,26+,27+,29-/m1/s1. The van der Waals surface area contributed by atoms with Crippen LogP contribution in [-0.2, 0) is 20.7 Å². The first-order valence-electron chi connectivity index (χ1n) is 13.8. The van der Waals surface area contributed by atoms with Crippen LogP contribution in [0.4, 0.5) is 0 Å². The van der Waals surface area contributed by atoms with Crippen molar-refractivity contribution < 1.29 is 19.1 Å². The largest absolute Gasteiger partial charge is 0.487 e. The lowest BCUT2D eigenvalue weighted by molar-refractivity contribution is -0.189. The van der Waals surface area contributed by atoms with Gasteiger partial charge < -0.3 is 24.7 Å². The van der Waals surface area contributed by atoms with Crippen LogP contribution in [0, 0.1) is 18.8 Å². The van der Waals surface area contributed by atoms with Gasteiger partial charge in [-0.15, -0.1) is 0 Å². The van der Waals surface area contributed by atoms with Crippen molar-refractivity contribution in [3.05, 3.63) is 65.4 Å². The van der Waals surface area contributed by atoms with Crippen LogP contribution in [0.3, 0.4) is 0 Å². The van der Waals surface area contributed by atoms with E-state index in [1.54, 1.807) is 0 Å². The second-order valence-corrected chi connectivity index (χ2v) is 11.8. The molecule has 1 aromatic heterocycles. The molecule has 0 radical (unpaired) electrons. The molecular weight excluding hydrogens is 478 g/mol. The van der Waals surface area contributed by atoms with Crippen molar-refractivity contribution in [3.63, 3.8) is 0 Å². The Kier molecular flexibility index (Phi) is 6.22. The van der Waals surface area contributed by atoms with Gasteiger partial charge in [0.15, 0.2) is 0 Å². The van der Waals surface area contributed by atoms with Crippen LogP contribution >= 0.6 is 0 Å². The number of nitrogens with zero attached hydrogens (tertiary/aromatic N) is 1. The Morgan fingerprint density at radius 2 is 2.03 bits per heavy atom. The van der Waals surface area contributed by atoms with Gasteiger partial charge in [0.05, 0.1) is 12.2 Å². The third kappa shape index (κ3) is 4.47. The highest BCUT2D eigenvalue weighted by molar-refractivity contribution is 5.89. The molecule has 2 saturated heterocycles. The van der Waals surface area contributed by atoms with Crippen LogP contribution in [0.25, 0.3) is 10.9 Å². The van der Waals surface area contributed by atoms with Crippen LogP contribution in [0.5, 0.6) is 5.75 Å². The van der Waals surface area contributed by atoms with Crippen LogP contribution in [-0.4, -0.2) is 52.5 Å². The summed E-state index contributed by atoms with van der Waals surface area (Å²) in [6.07, 6.45) is 4.24. The number of benzene rings is 2. The minimum atomic E-state index is -0.606. The minimum Gasteiger partial charge on any atom is -0.487 e. The van der Waals surface area contributed by atoms with Gasteiger partial charge in [-0.25, -0.2) is 0 Å². The highest BCUT2D eigenvalue weighted by Crippen LogP contribution is 2.53. The number of amides is 2. The molecule has 38 heavy (non-hydrogen) atoms. The Hall–Kier alpha value is -3.32. The Labute approximate surface area is 223 Å². The van der Waals surface area contributed by atoms with Gasteiger partial charge in [-0.05, 0) is 56.9 Å². The molecule has 0 saturated carbocycles. The summed E-state index contributed by atoms with van der Waals surface area (Å²) >= 11 is 0. The lowest BCUT2D eigenvalue weighted by Crippen LogP contribution is -2.58. The number of carbonyl (C=O) groups excluding carboxylic acids is 2. The van der Waals surface area contributed by atoms with Crippen LogP contribution in [0.2, 0.25) is 0 Å². The summed E-state index contributed by atoms with van der Waals surface area (Å²) in [6, 6.07) is 13.8. The molecule has 7 nitrogen and oxygen atoms in total. The number of para-hydroxylation sites is 1. The van der Waals surface area contributed by atoms with Crippen molar-refractivity contribution in [2.45, 2.75) is 70.8 Å². The molecule has 200 valence electrons. The van der Waals surface area contributed by atoms with Gasteiger partial charge in [-0.1, -0.05) is 30.3 Å². The van der Waals surface area contributed by atoms with E-state index in [0.717, 1.165) is 40.6 Å². The first-order chi connectivity index (χ1) is 18.2. The second-order valence-electron chi connectivity index (χ2n) is 11.8. The molecule has 0 aliphatic carbocycles. The SMILES string of the molecule is CC(=O)N[C@@H](Cc1c[nH]c2ccccc12)C(=O)N1CC[C@@H]2O[C@@H]3c4ccc(C)cc4OC(C)(C)[C@H]3C[C@@H]2C1. The predicted molar refractivity (Wildman–Crippen MR) is 146 cm³/mol. The molecule has 0 unspecified atom stereocenters. The highest BCUT2D eigenvalue weighted by atomic mass is 16.5. The van der Waals surface area contributed by atoms with E-state index in [0.29, 0.717) is 19.5 Å². The summed E-state index contributed by atoms with van der Waals surface area (Å²) in [5.41, 5.74) is 4.01. The number of aryl methyl sites for hydroxylation is 1. The zero-order valence-electron chi connectivity index (χ0n) is 22.6. The van der Waals surface area contributed by atoms with Gasteiger partial charge in [-0.2, -0.15) is 0 Å². The number of aromatic amines is 1. The summed E-state index contributed by atoms with van der Waals surface area (Å²) < 4.78 is 13.3. The zero-order chi connectivity index (χ0) is 26.6. The van der Waals surface area contributed by atoms with Gasteiger partial charge in [0, 0.05) is 60.9 Å². The second kappa shape index (κ2) is 9.45. The quantitative estimate of drug-likeness (QED) is 0.528. The predicted octanol–water partition coefficient (Wildman–Crippen LogP) is 4.69. The molecule has 3 aliphatic heterocycles. The maximum atomic E-state index is 13.8. The van der Waals surface area contributed by atoms with Gasteiger partial charge >= 0.3 is 0 Å². The van der Waals surface area contributed by atoms with E-state index in [4.69, 9.17) is 9.47 Å². The lowest BCUT2D eigenvalue weighted by Gasteiger charge is -2.53. The fourth-order valence-corrected chi connectivity index (χ4v) is 6.80. The smallest absolute Gasteiger partial charge is 0.245 e. The van der Waals surface area contributed by atoms with Gasteiger partial charge in [0.2, 0.25) is 11.8 Å². The number of likely N-dealkylation sites (tertiary alicyclic amines) is 1. The van der Waals surface area contributed by atoms with E-state index >= 15 is 0 Å². The number of carbonyl (C=O) groups is 2. The number of nitrogens with one attached hydrogen (secondary N) is 2. The molecule has 5 atom stereocenters. The van der Waals surface area contributed by atoms with Gasteiger partial charge in [0.25, 0.3) is 0 Å². The highest BCUT2D eigenvalue weighted by Gasteiger charge is 2.51. The zero-order valence-corrected chi connectivity index (χ0v) is 22.6. The first kappa shape index (κ1) is 25.0. The molecule has 0 bridgehead atoms. The minimum absolute atomic E-state index is 0.00634. The van der Waals surface area contributed by atoms with E-state index in [1.165, 1.54) is 12.5 Å². The van der Waals surface area contributed by atoms with E-state index in [1.807, 2.05) is 35.4 Å². The molecule has 4 heterocycles. The van der Waals surface area contributed by atoms with Crippen LogP contribution < -0.4 is 10.1 Å². The number of hydrogen-bond donors (Lipinski definition) is 2.